The largest absolute Gasteiger partial charge is 0.478 e. The Morgan fingerprint density at radius 3 is 2.87 bits per heavy atom. The predicted molar refractivity (Wildman–Crippen MR) is 49.1 cm³/mol. The maximum Gasteiger partial charge on any atom is 0.328 e. The lowest BCUT2D eigenvalue weighted by Gasteiger charge is -2.34. The van der Waals surface area contributed by atoms with E-state index in [1.807, 2.05) is 6.92 Å². The van der Waals surface area contributed by atoms with Crippen LogP contribution in [0.15, 0.2) is 10.6 Å². The lowest BCUT2D eigenvalue weighted by molar-refractivity contribution is -0.131. The van der Waals surface area contributed by atoms with Crippen LogP contribution in [0.2, 0.25) is 0 Å². The molecule has 2 heterocycles. The van der Waals surface area contributed by atoms with Crippen LogP contribution in [0.4, 0.5) is 0 Å². The summed E-state index contributed by atoms with van der Waals surface area (Å²) in [6, 6.07) is 0. The first kappa shape index (κ1) is 9.85. The molecule has 0 radical (unpaired) electrons. The minimum Gasteiger partial charge on any atom is -0.478 e. The number of nitrogens with zero attached hydrogens (tertiary/aromatic N) is 2. The van der Waals surface area contributed by atoms with E-state index in [1.54, 1.807) is 0 Å². The van der Waals surface area contributed by atoms with Crippen LogP contribution in [0.5, 0.6) is 0 Å². The Kier molecular flexibility index (Phi) is 2.28. The first-order valence-electron chi connectivity index (χ1n) is 4.43. The molecule has 1 N–H and O–H groups in total. The number of carboxylic acid groups (broad SMARTS) is 1. The third-order valence-corrected chi connectivity index (χ3v) is 2.19. The molecule has 0 amide bonds. The zero-order chi connectivity index (χ0) is 10.9. The molecule has 80 valence electrons. The molecule has 6 nitrogen and oxygen atoms in total. The average molecular weight is 210 g/mol. The number of hydrogen-bond acceptors (Lipinski definition) is 5. The zero-order valence-corrected chi connectivity index (χ0v) is 8.14. The van der Waals surface area contributed by atoms with Crippen molar-refractivity contribution in [3.63, 3.8) is 0 Å². The second-order valence-corrected chi connectivity index (χ2v) is 3.68. The fraction of sp³-hybridized carbons (Fsp3) is 0.444. The number of rotatable bonds is 3. The molecule has 1 saturated heterocycles. The third-order valence-electron chi connectivity index (χ3n) is 2.19. The molecule has 0 aromatic carbocycles. The van der Waals surface area contributed by atoms with E-state index in [9.17, 15) is 4.79 Å². The highest BCUT2D eigenvalue weighted by Crippen LogP contribution is 2.29. The van der Waals surface area contributed by atoms with Gasteiger partial charge in [-0.1, -0.05) is 5.16 Å². The van der Waals surface area contributed by atoms with E-state index in [1.165, 1.54) is 6.08 Å². The lowest BCUT2D eigenvalue weighted by Crippen LogP contribution is -2.44. The molecule has 1 aliphatic heterocycles. The molecule has 1 aromatic heterocycles. The number of carboxylic acids is 1. The second kappa shape index (κ2) is 3.47. The highest BCUT2D eigenvalue weighted by molar-refractivity contribution is 5.84. The van der Waals surface area contributed by atoms with Gasteiger partial charge in [0.15, 0.2) is 5.82 Å². The van der Waals surface area contributed by atoms with Crippen molar-refractivity contribution in [2.24, 2.45) is 0 Å². The van der Waals surface area contributed by atoms with E-state index in [0.29, 0.717) is 19.0 Å². The maximum atomic E-state index is 10.2. The molecular formula is C9H10N2O4. The summed E-state index contributed by atoms with van der Waals surface area (Å²) in [6.07, 6.45) is 2.22. The van der Waals surface area contributed by atoms with Crippen molar-refractivity contribution in [3.8, 4) is 0 Å². The van der Waals surface area contributed by atoms with Gasteiger partial charge in [0, 0.05) is 12.2 Å². The van der Waals surface area contributed by atoms with Gasteiger partial charge in [-0.05, 0) is 6.92 Å². The molecule has 1 aliphatic rings. The Morgan fingerprint density at radius 2 is 2.33 bits per heavy atom. The van der Waals surface area contributed by atoms with Gasteiger partial charge in [0.2, 0.25) is 0 Å². The number of aromatic nitrogens is 2. The summed E-state index contributed by atoms with van der Waals surface area (Å²) in [7, 11) is 0. The summed E-state index contributed by atoms with van der Waals surface area (Å²) in [6.45, 7) is 3.09. The predicted octanol–water partition coefficient (Wildman–Crippen LogP) is 0.455. The number of carbonyl (C=O) groups is 1. The fourth-order valence-corrected chi connectivity index (χ4v) is 1.23. The van der Waals surface area contributed by atoms with Gasteiger partial charge >= 0.3 is 5.97 Å². The lowest BCUT2D eigenvalue weighted by atomic mass is 9.88. The standard InChI is InChI=1S/C9H10N2O4/c1-9(4-14-5-9)8-10-6(15-11-8)2-3-7(12)13/h2-3H,4-5H2,1H3,(H,12,13). The van der Waals surface area contributed by atoms with Gasteiger partial charge in [-0.2, -0.15) is 4.98 Å². The van der Waals surface area contributed by atoms with Crippen molar-refractivity contribution >= 4 is 12.0 Å². The Labute approximate surface area is 85.5 Å². The van der Waals surface area contributed by atoms with Crippen molar-refractivity contribution in [1.29, 1.82) is 0 Å². The topological polar surface area (TPSA) is 85.5 Å². The number of ether oxygens (including phenoxy) is 1. The molecule has 1 aromatic rings. The van der Waals surface area contributed by atoms with Gasteiger partial charge in [-0.25, -0.2) is 4.79 Å². The van der Waals surface area contributed by atoms with Crippen molar-refractivity contribution in [2.75, 3.05) is 13.2 Å². The van der Waals surface area contributed by atoms with Crippen molar-refractivity contribution in [3.05, 3.63) is 17.8 Å². The minimum atomic E-state index is -1.05. The average Bonchev–Trinajstić information content (AvgIpc) is 2.59. The van der Waals surface area contributed by atoms with Crippen LogP contribution in [0, 0.1) is 0 Å². The van der Waals surface area contributed by atoms with Gasteiger partial charge < -0.3 is 14.4 Å². The monoisotopic (exact) mass is 210 g/mol. The molecule has 15 heavy (non-hydrogen) atoms. The summed E-state index contributed by atoms with van der Waals surface area (Å²) in [5, 5.41) is 12.2. The van der Waals surface area contributed by atoms with E-state index >= 15 is 0 Å². The maximum absolute atomic E-state index is 10.2. The molecule has 2 rings (SSSR count). The molecule has 0 atom stereocenters. The van der Waals surface area contributed by atoms with E-state index in [0.717, 1.165) is 6.08 Å². The fourth-order valence-electron chi connectivity index (χ4n) is 1.23. The van der Waals surface area contributed by atoms with Crippen LogP contribution >= 0.6 is 0 Å². The highest BCUT2D eigenvalue weighted by atomic mass is 16.5. The van der Waals surface area contributed by atoms with Crippen LogP contribution in [-0.2, 0) is 14.9 Å². The van der Waals surface area contributed by atoms with E-state index < -0.39 is 5.97 Å². The highest BCUT2D eigenvalue weighted by Gasteiger charge is 2.39. The van der Waals surface area contributed by atoms with Crippen LogP contribution in [0.25, 0.3) is 6.08 Å². The van der Waals surface area contributed by atoms with E-state index in [2.05, 4.69) is 10.1 Å². The number of hydrogen-bond donors (Lipinski definition) is 1. The first-order valence-corrected chi connectivity index (χ1v) is 4.43. The summed E-state index contributed by atoms with van der Waals surface area (Å²) in [5.41, 5.74) is -0.196. The SMILES string of the molecule is CC1(c2noc(C=CC(=O)O)n2)COC1. The Bertz CT molecular complexity index is 406. The Balaban J connectivity index is 2.13. The van der Waals surface area contributed by atoms with E-state index in [4.69, 9.17) is 14.4 Å². The molecular weight excluding hydrogens is 200 g/mol. The van der Waals surface area contributed by atoms with Crippen LogP contribution < -0.4 is 0 Å². The smallest absolute Gasteiger partial charge is 0.328 e. The first-order chi connectivity index (χ1) is 7.10. The molecule has 0 spiro atoms. The molecule has 1 fully saturated rings. The Hall–Kier alpha value is -1.69. The quantitative estimate of drug-likeness (QED) is 0.729. The Morgan fingerprint density at radius 1 is 1.60 bits per heavy atom. The summed E-state index contributed by atoms with van der Waals surface area (Å²) < 4.78 is 9.94. The molecule has 0 saturated carbocycles. The van der Waals surface area contributed by atoms with Gasteiger partial charge in [0.1, 0.15) is 0 Å². The third kappa shape index (κ3) is 1.89. The van der Waals surface area contributed by atoms with Crippen molar-refractivity contribution < 1.29 is 19.2 Å². The summed E-state index contributed by atoms with van der Waals surface area (Å²) in [5.74, 6) is -0.299. The van der Waals surface area contributed by atoms with Gasteiger partial charge in [-0.15, -0.1) is 0 Å². The van der Waals surface area contributed by atoms with E-state index in [-0.39, 0.29) is 11.3 Å². The van der Waals surface area contributed by atoms with Crippen LogP contribution in [0.1, 0.15) is 18.6 Å². The summed E-state index contributed by atoms with van der Waals surface area (Å²) in [4.78, 5) is 14.3. The molecule has 0 bridgehead atoms. The van der Waals surface area contributed by atoms with Gasteiger partial charge in [0.05, 0.1) is 18.6 Å². The minimum absolute atomic E-state index is 0.195. The molecule has 6 heteroatoms. The summed E-state index contributed by atoms with van der Waals surface area (Å²) >= 11 is 0. The van der Waals surface area contributed by atoms with Crippen molar-refractivity contribution in [2.45, 2.75) is 12.3 Å². The molecule has 0 unspecified atom stereocenters. The normalized spacial score (nSPS) is 19.0. The van der Waals surface area contributed by atoms with Gasteiger partial charge in [0.25, 0.3) is 5.89 Å². The molecule has 0 aliphatic carbocycles. The van der Waals surface area contributed by atoms with Crippen LogP contribution in [0.3, 0.4) is 0 Å². The van der Waals surface area contributed by atoms with Gasteiger partial charge in [-0.3, -0.25) is 0 Å². The zero-order valence-electron chi connectivity index (χ0n) is 8.14. The number of aliphatic carboxylic acids is 1. The van der Waals surface area contributed by atoms with Crippen molar-refractivity contribution in [1.82, 2.24) is 10.1 Å². The van der Waals surface area contributed by atoms with Crippen LogP contribution in [-0.4, -0.2) is 34.4 Å². The second-order valence-electron chi connectivity index (χ2n) is 3.68.